The monoisotopic (exact) mass is 288 g/mol. The molecule has 0 saturated carbocycles. The molecule has 3 heteroatoms. The summed E-state index contributed by atoms with van der Waals surface area (Å²) in [6.45, 7) is 0. The van der Waals surface area contributed by atoms with Crippen molar-refractivity contribution in [2.24, 2.45) is 5.10 Å². The van der Waals surface area contributed by atoms with Crippen LogP contribution in [-0.2, 0) is 0 Å². The van der Waals surface area contributed by atoms with Crippen molar-refractivity contribution >= 4 is 17.6 Å². The van der Waals surface area contributed by atoms with Crippen LogP contribution in [0.4, 0.5) is 11.4 Å². The smallest absolute Gasteiger partial charge is 0.115 e. The van der Waals surface area contributed by atoms with Crippen LogP contribution >= 0.6 is 0 Å². The molecule has 1 N–H and O–H groups in total. The highest BCUT2D eigenvalue weighted by atomic mass is 16.3. The van der Waals surface area contributed by atoms with E-state index in [1.807, 2.05) is 77.8 Å². The van der Waals surface area contributed by atoms with Gasteiger partial charge in [0.2, 0.25) is 0 Å². The van der Waals surface area contributed by atoms with Crippen LogP contribution in [-0.4, -0.2) is 11.3 Å². The van der Waals surface area contributed by atoms with Crippen LogP contribution in [0.25, 0.3) is 0 Å². The van der Waals surface area contributed by atoms with Crippen LogP contribution < -0.4 is 5.01 Å². The third-order valence-electron chi connectivity index (χ3n) is 3.22. The normalized spacial score (nSPS) is 10.7. The molecule has 0 saturated heterocycles. The van der Waals surface area contributed by atoms with Gasteiger partial charge in [0.1, 0.15) is 5.75 Å². The van der Waals surface area contributed by atoms with Crippen molar-refractivity contribution in [2.45, 2.75) is 0 Å². The van der Waals surface area contributed by atoms with Crippen LogP contribution in [0.5, 0.6) is 5.75 Å². The Balaban J connectivity index is 1.94. The average molecular weight is 288 g/mol. The average Bonchev–Trinajstić information content (AvgIpc) is 2.59. The summed E-state index contributed by atoms with van der Waals surface area (Å²) in [7, 11) is 0. The lowest BCUT2D eigenvalue weighted by Gasteiger charge is -2.19. The minimum Gasteiger partial charge on any atom is -0.508 e. The molecule has 0 fully saturated rings. The highest BCUT2D eigenvalue weighted by Crippen LogP contribution is 2.25. The van der Waals surface area contributed by atoms with Gasteiger partial charge < -0.3 is 5.11 Å². The van der Waals surface area contributed by atoms with Crippen molar-refractivity contribution in [2.75, 3.05) is 5.01 Å². The molecule has 0 heterocycles. The Labute approximate surface area is 129 Å². The molecule has 0 spiro atoms. The molecule has 3 aromatic rings. The number of hydrazone groups is 1. The number of aromatic hydroxyl groups is 1. The molecule has 0 radical (unpaired) electrons. The molecule has 108 valence electrons. The van der Waals surface area contributed by atoms with Crippen LogP contribution in [0.3, 0.4) is 0 Å². The number of nitrogens with zero attached hydrogens (tertiary/aromatic N) is 2. The van der Waals surface area contributed by atoms with E-state index >= 15 is 0 Å². The Morgan fingerprint density at radius 1 is 0.682 bits per heavy atom. The summed E-state index contributed by atoms with van der Waals surface area (Å²) in [4.78, 5) is 0. The maximum absolute atomic E-state index is 9.34. The molecule has 0 aliphatic carbocycles. The summed E-state index contributed by atoms with van der Waals surface area (Å²) in [5.41, 5.74) is 2.90. The Kier molecular flexibility index (Phi) is 4.16. The van der Waals surface area contributed by atoms with E-state index in [1.165, 1.54) is 0 Å². The first-order valence-electron chi connectivity index (χ1n) is 7.06. The molecule has 0 bridgehead atoms. The highest BCUT2D eigenvalue weighted by Gasteiger charge is 2.06. The van der Waals surface area contributed by atoms with Gasteiger partial charge in [0.25, 0.3) is 0 Å². The van der Waals surface area contributed by atoms with Crippen molar-refractivity contribution in [3.05, 3.63) is 90.5 Å². The number of anilines is 2. The zero-order chi connectivity index (χ0) is 15.2. The molecule has 3 nitrogen and oxygen atoms in total. The summed E-state index contributed by atoms with van der Waals surface area (Å²) >= 11 is 0. The second-order valence-corrected chi connectivity index (χ2v) is 4.82. The molecule has 3 aromatic carbocycles. The number of benzene rings is 3. The third kappa shape index (κ3) is 3.33. The fourth-order valence-electron chi connectivity index (χ4n) is 2.11. The molecule has 0 aromatic heterocycles. The summed E-state index contributed by atoms with van der Waals surface area (Å²) in [6.07, 6.45) is 1.78. The Morgan fingerprint density at radius 2 is 1.18 bits per heavy atom. The Hall–Kier alpha value is -3.07. The largest absolute Gasteiger partial charge is 0.508 e. The van der Waals surface area contributed by atoms with Crippen LogP contribution in [0, 0.1) is 0 Å². The number of rotatable bonds is 4. The quantitative estimate of drug-likeness (QED) is 0.564. The van der Waals surface area contributed by atoms with Crippen LogP contribution in [0.15, 0.2) is 90.0 Å². The molecule has 22 heavy (non-hydrogen) atoms. The van der Waals surface area contributed by atoms with Crippen molar-refractivity contribution in [3.63, 3.8) is 0 Å². The van der Waals surface area contributed by atoms with Gasteiger partial charge >= 0.3 is 0 Å². The molecule has 0 amide bonds. The van der Waals surface area contributed by atoms with Gasteiger partial charge in [-0.25, -0.2) is 5.01 Å². The van der Waals surface area contributed by atoms with Gasteiger partial charge in [-0.3, -0.25) is 0 Å². The standard InChI is InChI=1S/C19H16N2O/c22-19-13-11-16(12-14-19)15-20-21(17-7-3-1-4-8-17)18-9-5-2-6-10-18/h1-15,22H/b20-15+. The first-order valence-corrected chi connectivity index (χ1v) is 7.06. The Bertz CT molecular complexity index is 698. The van der Waals surface area contributed by atoms with E-state index in [0.717, 1.165) is 16.9 Å². The maximum atomic E-state index is 9.34. The summed E-state index contributed by atoms with van der Waals surface area (Å²) in [5.74, 6) is 0.250. The fourth-order valence-corrected chi connectivity index (χ4v) is 2.11. The van der Waals surface area contributed by atoms with Gasteiger partial charge in [0, 0.05) is 0 Å². The minimum absolute atomic E-state index is 0.250. The van der Waals surface area contributed by atoms with Gasteiger partial charge in [0.15, 0.2) is 0 Å². The lowest BCUT2D eigenvalue weighted by Crippen LogP contribution is -2.09. The molecule has 0 aliphatic heterocycles. The van der Waals surface area contributed by atoms with E-state index in [0.29, 0.717) is 0 Å². The molecule has 0 atom stereocenters. The summed E-state index contributed by atoms with van der Waals surface area (Å²) in [6, 6.07) is 26.9. The molecular formula is C19H16N2O. The van der Waals surface area contributed by atoms with E-state index in [2.05, 4.69) is 5.10 Å². The Morgan fingerprint density at radius 3 is 1.68 bits per heavy atom. The second kappa shape index (κ2) is 6.59. The third-order valence-corrected chi connectivity index (χ3v) is 3.22. The van der Waals surface area contributed by atoms with E-state index in [1.54, 1.807) is 18.3 Å². The van der Waals surface area contributed by atoms with Gasteiger partial charge in [-0.1, -0.05) is 36.4 Å². The lowest BCUT2D eigenvalue weighted by molar-refractivity contribution is 0.475. The number of para-hydroxylation sites is 2. The van der Waals surface area contributed by atoms with Gasteiger partial charge in [-0.15, -0.1) is 0 Å². The van der Waals surface area contributed by atoms with Crippen molar-refractivity contribution in [1.82, 2.24) is 0 Å². The SMILES string of the molecule is Oc1ccc(/C=N/N(c2ccccc2)c2ccccc2)cc1. The summed E-state index contributed by atoms with van der Waals surface area (Å²) < 4.78 is 0. The minimum atomic E-state index is 0.250. The van der Waals surface area contributed by atoms with Crippen molar-refractivity contribution in [1.29, 1.82) is 0 Å². The second-order valence-electron chi connectivity index (χ2n) is 4.82. The van der Waals surface area contributed by atoms with Crippen LogP contribution in [0.2, 0.25) is 0 Å². The van der Waals surface area contributed by atoms with Gasteiger partial charge in [-0.2, -0.15) is 5.10 Å². The number of hydrogen-bond acceptors (Lipinski definition) is 3. The molecule has 0 aliphatic rings. The topological polar surface area (TPSA) is 35.8 Å². The van der Waals surface area contributed by atoms with E-state index in [4.69, 9.17) is 0 Å². The maximum Gasteiger partial charge on any atom is 0.115 e. The zero-order valence-electron chi connectivity index (χ0n) is 12.0. The number of hydrogen-bond donors (Lipinski definition) is 1. The lowest BCUT2D eigenvalue weighted by atomic mass is 10.2. The highest BCUT2D eigenvalue weighted by molar-refractivity contribution is 5.81. The van der Waals surface area contributed by atoms with E-state index in [9.17, 15) is 5.11 Å². The zero-order valence-corrected chi connectivity index (χ0v) is 12.0. The molecule has 3 rings (SSSR count). The van der Waals surface area contributed by atoms with Gasteiger partial charge in [-0.05, 0) is 54.1 Å². The van der Waals surface area contributed by atoms with Gasteiger partial charge in [0.05, 0.1) is 17.6 Å². The fraction of sp³-hybridized carbons (Fsp3) is 0. The van der Waals surface area contributed by atoms with E-state index < -0.39 is 0 Å². The van der Waals surface area contributed by atoms with E-state index in [-0.39, 0.29) is 5.75 Å². The molecular weight excluding hydrogens is 272 g/mol. The number of phenols is 1. The predicted molar refractivity (Wildman–Crippen MR) is 90.7 cm³/mol. The first-order chi connectivity index (χ1) is 10.8. The van der Waals surface area contributed by atoms with Crippen molar-refractivity contribution < 1.29 is 5.11 Å². The first kappa shape index (κ1) is 13.9. The summed E-state index contributed by atoms with van der Waals surface area (Å²) in [5, 5.41) is 15.8. The molecule has 0 unspecified atom stereocenters. The van der Waals surface area contributed by atoms with Crippen LogP contribution in [0.1, 0.15) is 5.56 Å². The van der Waals surface area contributed by atoms with Crippen molar-refractivity contribution in [3.8, 4) is 5.75 Å². The number of phenolic OH excluding ortho intramolecular Hbond substituents is 1. The predicted octanol–water partition coefficient (Wildman–Crippen LogP) is 4.56.